The lowest BCUT2D eigenvalue weighted by atomic mass is 10.2. The Hall–Kier alpha value is -1.89. The van der Waals surface area contributed by atoms with Gasteiger partial charge in [0.2, 0.25) is 0 Å². The van der Waals surface area contributed by atoms with Crippen molar-refractivity contribution in [3.8, 4) is 0 Å². The summed E-state index contributed by atoms with van der Waals surface area (Å²) in [4.78, 5) is 14.1. The van der Waals surface area contributed by atoms with Gasteiger partial charge in [0.15, 0.2) is 5.82 Å². The smallest absolute Gasteiger partial charge is 0.252 e. The molecule has 0 spiro atoms. The third-order valence-corrected chi connectivity index (χ3v) is 4.37. The number of hydrogen-bond donors (Lipinski definition) is 2. The Balaban J connectivity index is 0.000000210. The number of nitrogen functional groups attached to an aromatic ring is 1. The molecule has 9 heteroatoms. The number of carbonyl (C=O) groups excluding carboxylic acids is 1. The van der Waals surface area contributed by atoms with Crippen molar-refractivity contribution in [2.45, 2.75) is 6.54 Å². The van der Waals surface area contributed by atoms with E-state index in [-0.39, 0.29) is 10.7 Å². The van der Waals surface area contributed by atoms with Crippen molar-refractivity contribution in [1.82, 2.24) is 4.98 Å². The third kappa shape index (κ3) is 8.00. The van der Waals surface area contributed by atoms with Crippen LogP contribution in [0.25, 0.3) is 0 Å². The van der Waals surface area contributed by atoms with Gasteiger partial charge in [0.25, 0.3) is 5.24 Å². The number of nitrogens with two attached hydrogens (primary N) is 2. The fourth-order valence-corrected chi connectivity index (χ4v) is 2.59. The maximum atomic E-state index is 12.5. The molecular formula is C19H16Cl4FN3O. The summed E-state index contributed by atoms with van der Waals surface area (Å²) in [6, 6.07) is 13.0. The Labute approximate surface area is 182 Å². The van der Waals surface area contributed by atoms with Crippen molar-refractivity contribution in [2.75, 3.05) is 5.73 Å². The summed E-state index contributed by atoms with van der Waals surface area (Å²) in [5.41, 5.74) is 11.9. The van der Waals surface area contributed by atoms with Gasteiger partial charge in [-0.15, -0.1) is 0 Å². The van der Waals surface area contributed by atoms with Gasteiger partial charge >= 0.3 is 0 Å². The molecule has 0 aliphatic carbocycles. The van der Waals surface area contributed by atoms with Gasteiger partial charge in [-0.3, -0.25) is 9.78 Å². The van der Waals surface area contributed by atoms with Crippen LogP contribution < -0.4 is 11.5 Å². The summed E-state index contributed by atoms with van der Waals surface area (Å²) in [6.45, 7) is 0.387. The van der Waals surface area contributed by atoms with Gasteiger partial charge in [0, 0.05) is 40.1 Å². The second-order valence-electron chi connectivity index (χ2n) is 5.06. The number of benzene rings is 2. The SMILES string of the molecule is NCc1c(Cl)cccc1Cl.Nc1cccc(Cl)c1F.O=C(Cl)c1ccncc1. The van der Waals surface area contributed by atoms with E-state index in [1.807, 2.05) is 0 Å². The van der Waals surface area contributed by atoms with Crippen LogP contribution in [-0.2, 0) is 6.54 Å². The van der Waals surface area contributed by atoms with Crippen LogP contribution in [0.15, 0.2) is 60.9 Å². The molecule has 0 radical (unpaired) electrons. The van der Waals surface area contributed by atoms with Crippen LogP contribution >= 0.6 is 46.4 Å². The summed E-state index contributed by atoms with van der Waals surface area (Å²) in [6.07, 6.45) is 3.05. The molecule has 0 bridgehead atoms. The average molecular weight is 463 g/mol. The highest BCUT2D eigenvalue weighted by Gasteiger charge is 2.01. The Kier molecular flexibility index (Phi) is 10.8. The Morgan fingerprint density at radius 1 is 0.929 bits per heavy atom. The summed E-state index contributed by atoms with van der Waals surface area (Å²) in [5.74, 6) is -0.542. The van der Waals surface area contributed by atoms with Crippen LogP contribution in [0.1, 0.15) is 15.9 Å². The van der Waals surface area contributed by atoms with Crippen molar-refractivity contribution in [2.24, 2.45) is 5.73 Å². The average Bonchev–Trinajstić information content (AvgIpc) is 2.68. The molecule has 0 saturated heterocycles. The molecule has 28 heavy (non-hydrogen) atoms. The molecule has 0 unspecified atom stereocenters. The van der Waals surface area contributed by atoms with E-state index in [1.165, 1.54) is 24.5 Å². The van der Waals surface area contributed by atoms with Crippen molar-refractivity contribution < 1.29 is 9.18 Å². The third-order valence-electron chi connectivity index (χ3n) is 3.15. The molecule has 0 aliphatic rings. The van der Waals surface area contributed by atoms with E-state index in [2.05, 4.69) is 4.98 Å². The number of anilines is 1. The van der Waals surface area contributed by atoms with Crippen LogP contribution in [0.3, 0.4) is 0 Å². The highest BCUT2D eigenvalue weighted by molar-refractivity contribution is 6.67. The molecule has 1 aromatic heterocycles. The highest BCUT2D eigenvalue weighted by Crippen LogP contribution is 2.23. The first-order valence-electron chi connectivity index (χ1n) is 7.70. The predicted octanol–water partition coefficient (Wildman–Crippen LogP) is 5.97. The Morgan fingerprint density at radius 3 is 1.79 bits per heavy atom. The minimum Gasteiger partial charge on any atom is -0.396 e. The quantitative estimate of drug-likeness (QED) is 0.362. The predicted molar refractivity (Wildman–Crippen MR) is 115 cm³/mol. The number of carbonyl (C=O) groups is 1. The Bertz CT molecular complexity index is 870. The lowest BCUT2D eigenvalue weighted by Gasteiger charge is -2.01. The monoisotopic (exact) mass is 461 g/mol. The van der Waals surface area contributed by atoms with E-state index in [4.69, 9.17) is 57.9 Å². The van der Waals surface area contributed by atoms with E-state index in [1.54, 1.807) is 36.4 Å². The van der Waals surface area contributed by atoms with Crippen LogP contribution in [-0.4, -0.2) is 10.2 Å². The summed E-state index contributed by atoms with van der Waals surface area (Å²) in [7, 11) is 0. The maximum absolute atomic E-state index is 12.5. The summed E-state index contributed by atoms with van der Waals surface area (Å²) in [5, 5.41) is 0.886. The van der Waals surface area contributed by atoms with Gasteiger partial charge in [0.05, 0.1) is 10.7 Å². The molecule has 2 aromatic carbocycles. The number of aromatic nitrogens is 1. The molecule has 0 amide bonds. The van der Waals surface area contributed by atoms with E-state index >= 15 is 0 Å². The largest absolute Gasteiger partial charge is 0.396 e. The van der Waals surface area contributed by atoms with Gasteiger partial charge in [-0.25, -0.2) is 4.39 Å². The molecule has 0 atom stereocenters. The number of hydrogen-bond acceptors (Lipinski definition) is 4. The van der Waals surface area contributed by atoms with E-state index in [9.17, 15) is 9.18 Å². The second-order valence-corrected chi connectivity index (χ2v) is 6.62. The van der Waals surface area contributed by atoms with Crippen LogP contribution in [0.4, 0.5) is 10.1 Å². The molecule has 3 rings (SSSR count). The normalized spacial score (nSPS) is 9.50. The zero-order chi connectivity index (χ0) is 21.1. The molecule has 0 aliphatic heterocycles. The van der Waals surface area contributed by atoms with Crippen molar-refractivity contribution in [3.05, 3.63) is 92.9 Å². The minimum atomic E-state index is -0.542. The van der Waals surface area contributed by atoms with Crippen LogP contribution in [0.5, 0.6) is 0 Å². The first kappa shape index (κ1) is 24.1. The number of nitrogens with zero attached hydrogens (tertiary/aromatic N) is 1. The molecule has 0 saturated carbocycles. The zero-order valence-electron chi connectivity index (χ0n) is 14.4. The van der Waals surface area contributed by atoms with E-state index in [0.29, 0.717) is 22.2 Å². The molecule has 1 heterocycles. The lowest BCUT2D eigenvalue weighted by molar-refractivity contribution is 0.108. The van der Waals surface area contributed by atoms with Gasteiger partial charge in [-0.2, -0.15) is 0 Å². The summed E-state index contributed by atoms with van der Waals surface area (Å²) < 4.78 is 12.5. The molecular weight excluding hydrogens is 447 g/mol. The number of pyridine rings is 1. The molecule has 4 nitrogen and oxygen atoms in total. The summed E-state index contributed by atoms with van der Waals surface area (Å²) >= 11 is 22.0. The van der Waals surface area contributed by atoms with Gasteiger partial charge in [-0.05, 0) is 48.0 Å². The molecule has 148 valence electrons. The topological polar surface area (TPSA) is 82.0 Å². The van der Waals surface area contributed by atoms with E-state index < -0.39 is 11.1 Å². The fraction of sp³-hybridized carbons (Fsp3) is 0.0526. The number of halogens is 5. The fourth-order valence-electron chi connectivity index (χ4n) is 1.73. The van der Waals surface area contributed by atoms with Gasteiger partial charge in [0.1, 0.15) is 0 Å². The van der Waals surface area contributed by atoms with Crippen LogP contribution in [0, 0.1) is 5.82 Å². The van der Waals surface area contributed by atoms with Gasteiger partial charge in [-0.1, -0.05) is 46.9 Å². The van der Waals surface area contributed by atoms with Crippen molar-refractivity contribution in [1.29, 1.82) is 0 Å². The van der Waals surface area contributed by atoms with Gasteiger partial charge < -0.3 is 11.5 Å². The standard InChI is InChI=1S/C7H7Cl2N.C6H5ClFN.C6H4ClNO/c8-6-2-1-3-7(9)5(6)4-10;7-4-2-1-3-5(9)6(4)8;7-6(9)5-1-3-8-4-2-5/h1-3H,4,10H2;1-3H,9H2;1-4H. The minimum absolute atomic E-state index is 0.0648. The van der Waals surface area contributed by atoms with E-state index in [0.717, 1.165) is 5.56 Å². The first-order chi connectivity index (χ1) is 13.3. The zero-order valence-corrected chi connectivity index (χ0v) is 17.4. The van der Waals surface area contributed by atoms with Crippen LogP contribution in [0.2, 0.25) is 15.1 Å². The maximum Gasteiger partial charge on any atom is 0.252 e. The molecule has 3 aromatic rings. The van der Waals surface area contributed by atoms with Crippen molar-refractivity contribution in [3.63, 3.8) is 0 Å². The molecule has 4 N–H and O–H groups in total. The van der Waals surface area contributed by atoms with Crippen molar-refractivity contribution >= 4 is 57.3 Å². The number of rotatable bonds is 2. The highest BCUT2D eigenvalue weighted by atomic mass is 35.5. The Morgan fingerprint density at radius 2 is 1.43 bits per heavy atom. The lowest BCUT2D eigenvalue weighted by Crippen LogP contribution is -1.97. The molecule has 0 fully saturated rings. The second kappa shape index (κ2) is 12.5. The first-order valence-corrected chi connectivity index (χ1v) is 9.21.